The van der Waals surface area contributed by atoms with Crippen molar-refractivity contribution in [1.29, 1.82) is 0 Å². The van der Waals surface area contributed by atoms with Crippen molar-refractivity contribution in [3.63, 3.8) is 0 Å². The molecule has 0 amide bonds. The second kappa shape index (κ2) is 5.94. The van der Waals surface area contributed by atoms with Gasteiger partial charge in [0.2, 0.25) is 6.16 Å². The van der Waals surface area contributed by atoms with Crippen LogP contribution in [0.3, 0.4) is 0 Å². The molecule has 0 saturated heterocycles. The second-order valence-electron chi connectivity index (χ2n) is 3.81. The molecule has 15 heavy (non-hydrogen) atoms. The van der Waals surface area contributed by atoms with E-state index < -0.39 is 8.03 Å². The summed E-state index contributed by atoms with van der Waals surface area (Å²) in [5.74, 6) is 0.0919. The molecule has 82 valence electrons. The number of rotatable bonds is 5. The molecule has 0 bridgehead atoms. The summed E-state index contributed by atoms with van der Waals surface area (Å²) in [7, 11) is -1.67. The molecule has 2 nitrogen and oxygen atoms in total. The van der Waals surface area contributed by atoms with E-state index in [1.54, 1.807) is 12.1 Å². The lowest BCUT2D eigenvalue weighted by Crippen LogP contribution is -1.96. The van der Waals surface area contributed by atoms with Gasteiger partial charge in [-0.2, -0.15) is 0 Å². The Morgan fingerprint density at radius 2 is 1.93 bits per heavy atom. The van der Waals surface area contributed by atoms with Gasteiger partial charge in [-0.1, -0.05) is 26.0 Å². The zero-order chi connectivity index (χ0) is 11.3. The summed E-state index contributed by atoms with van der Waals surface area (Å²) >= 11 is 0. The van der Waals surface area contributed by atoms with Gasteiger partial charge in [-0.3, -0.25) is 0 Å². The van der Waals surface area contributed by atoms with Crippen LogP contribution < -0.4 is 0 Å². The smallest absolute Gasteiger partial charge is 0.207 e. The van der Waals surface area contributed by atoms with Gasteiger partial charge in [-0.05, 0) is 22.6 Å². The standard InChI is InChI=1S/C11H15FO2P/c1-9(2)7-14-15(13)8-10-3-5-11(12)6-4-10/h3-6,9H,7-8H2,1-2H3/q+1. The molecule has 0 aliphatic carbocycles. The van der Waals surface area contributed by atoms with Crippen LogP contribution >= 0.6 is 8.03 Å². The van der Waals surface area contributed by atoms with Crippen molar-refractivity contribution < 1.29 is 13.5 Å². The molecule has 4 heteroatoms. The summed E-state index contributed by atoms with van der Waals surface area (Å²) in [6, 6.07) is 5.98. The SMILES string of the molecule is CC(C)CO[P+](=O)Cc1ccc(F)cc1. The van der Waals surface area contributed by atoms with Crippen LogP contribution in [-0.2, 0) is 15.3 Å². The first-order chi connectivity index (χ1) is 7.08. The van der Waals surface area contributed by atoms with Crippen LogP contribution in [0.1, 0.15) is 19.4 Å². The van der Waals surface area contributed by atoms with Crippen LogP contribution in [0.4, 0.5) is 4.39 Å². The molecule has 1 rings (SSSR count). The lowest BCUT2D eigenvalue weighted by Gasteiger charge is -1.96. The van der Waals surface area contributed by atoms with Crippen molar-refractivity contribution in [2.45, 2.75) is 20.0 Å². The molecule has 0 spiro atoms. The van der Waals surface area contributed by atoms with Crippen molar-refractivity contribution in [1.82, 2.24) is 0 Å². The Morgan fingerprint density at radius 3 is 2.47 bits per heavy atom. The largest absolute Gasteiger partial charge is 0.512 e. The first kappa shape index (κ1) is 12.3. The number of hydrogen-bond acceptors (Lipinski definition) is 2. The third kappa shape index (κ3) is 5.01. The first-order valence-electron chi connectivity index (χ1n) is 4.90. The Labute approximate surface area is 90.3 Å². The third-order valence-corrected chi connectivity index (χ3v) is 2.84. The van der Waals surface area contributed by atoms with Crippen molar-refractivity contribution in [3.8, 4) is 0 Å². The highest BCUT2D eigenvalue weighted by Gasteiger charge is 2.18. The Hall–Kier alpha value is -0.790. The summed E-state index contributed by atoms with van der Waals surface area (Å²) in [5, 5.41) is 0. The van der Waals surface area contributed by atoms with Crippen LogP contribution in [0.5, 0.6) is 0 Å². The molecule has 0 heterocycles. The van der Waals surface area contributed by atoms with Crippen LogP contribution in [0.2, 0.25) is 0 Å². The van der Waals surface area contributed by atoms with Gasteiger partial charge in [0, 0.05) is 5.56 Å². The topological polar surface area (TPSA) is 26.3 Å². The van der Waals surface area contributed by atoms with E-state index in [2.05, 4.69) is 0 Å². The summed E-state index contributed by atoms with van der Waals surface area (Å²) in [4.78, 5) is 0. The van der Waals surface area contributed by atoms with E-state index in [9.17, 15) is 8.96 Å². The third-order valence-electron chi connectivity index (χ3n) is 1.78. The number of benzene rings is 1. The molecule has 0 N–H and O–H groups in total. The lowest BCUT2D eigenvalue weighted by atomic mass is 10.2. The molecule has 1 unspecified atom stereocenters. The highest BCUT2D eigenvalue weighted by molar-refractivity contribution is 7.38. The summed E-state index contributed by atoms with van der Waals surface area (Å²) < 4.78 is 29.2. The summed E-state index contributed by atoms with van der Waals surface area (Å²) in [6.07, 6.45) is 0.350. The van der Waals surface area contributed by atoms with E-state index in [1.807, 2.05) is 13.8 Å². The second-order valence-corrected chi connectivity index (χ2v) is 5.05. The fourth-order valence-electron chi connectivity index (χ4n) is 1.02. The number of hydrogen-bond donors (Lipinski definition) is 0. The molecule has 0 aliphatic heterocycles. The van der Waals surface area contributed by atoms with Gasteiger partial charge in [-0.15, -0.1) is 4.52 Å². The molecular weight excluding hydrogens is 214 g/mol. The van der Waals surface area contributed by atoms with Gasteiger partial charge < -0.3 is 0 Å². The first-order valence-corrected chi connectivity index (χ1v) is 6.26. The molecule has 1 atom stereocenters. The minimum atomic E-state index is -1.67. The van der Waals surface area contributed by atoms with E-state index in [4.69, 9.17) is 4.52 Å². The van der Waals surface area contributed by atoms with Crippen LogP contribution in [0.25, 0.3) is 0 Å². The van der Waals surface area contributed by atoms with E-state index >= 15 is 0 Å². The quantitative estimate of drug-likeness (QED) is 0.719. The highest BCUT2D eigenvalue weighted by Crippen LogP contribution is 2.28. The average molecular weight is 229 g/mol. The van der Waals surface area contributed by atoms with Crippen molar-refractivity contribution in [2.24, 2.45) is 5.92 Å². The minimum Gasteiger partial charge on any atom is -0.207 e. The normalized spacial score (nSPS) is 11.9. The van der Waals surface area contributed by atoms with Crippen molar-refractivity contribution in [3.05, 3.63) is 35.6 Å². The van der Waals surface area contributed by atoms with Gasteiger partial charge in [0.05, 0.1) is 0 Å². The predicted octanol–water partition coefficient (Wildman–Crippen LogP) is 3.74. The monoisotopic (exact) mass is 229 g/mol. The zero-order valence-corrected chi connectivity index (χ0v) is 9.84. The van der Waals surface area contributed by atoms with Crippen LogP contribution in [0.15, 0.2) is 24.3 Å². The van der Waals surface area contributed by atoms with Gasteiger partial charge in [0.25, 0.3) is 0 Å². The molecule has 0 radical (unpaired) electrons. The zero-order valence-electron chi connectivity index (χ0n) is 8.94. The molecule has 0 aliphatic rings. The Morgan fingerprint density at radius 1 is 1.33 bits per heavy atom. The molecule has 0 aromatic heterocycles. The Balaban J connectivity index is 2.41. The summed E-state index contributed by atoms with van der Waals surface area (Å²) in [5.41, 5.74) is 0.835. The van der Waals surface area contributed by atoms with Crippen molar-refractivity contribution >= 4 is 8.03 Å². The van der Waals surface area contributed by atoms with Crippen LogP contribution in [0, 0.1) is 11.7 Å². The molecule has 1 aromatic carbocycles. The Bertz CT molecular complexity index is 322. The van der Waals surface area contributed by atoms with Gasteiger partial charge >= 0.3 is 8.03 Å². The van der Waals surface area contributed by atoms with Gasteiger partial charge in [0.1, 0.15) is 12.4 Å². The van der Waals surface area contributed by atoms with Gasteiger partial charge in [-0.25, -0.2) is 4.39 Å². The molecule has 0 saturated carbocycles. The fraction of sp³-hybridized carbons (Fsp3) is 0.455. The molecular formula is C11H15FO2P+. The maximum Gasteiger partial charge on any atom is 0.512 e. The Kier molecular flexibility index (Phi) is 4.86. The number of halogens is 1. The molecule has 1 aromatic rings. The fourth-order valence-corrected chi connectivity index (χ4v) is 2.08. The lowest BCUT2D eigenvalue weighted by molar-refractivity contribution is 0.282. The van der Waals surface area contributed by atoms with Gasteiger partial charge in [0.15, 0.2) is 0 Å². The molecule has 0 fully saturated rings. The average Bonchev–Trinajstić information content (AvgIpc) is 2.19. The van der Waals surface area contributed by atoms with Crippen LogP contribution in [-0.4, -0.2) is 6.61 Å². The van der Waals surface area contributed by atoms with E-state index in [-0.39, 0.29) is 5.82 Å². The van der Waals surface area contributed by atoms with E-state index in [0.717, 1.165) is 5.56 Å². The van der Waals surface area contributed by atoms with E-state index in [1.165, 1.54) is 12.1 Å². The van der Waals surface area contributed by atoms with E-state index in [0.29, 0.717) is 18.7 Å². The maximum absolute atomic E-state index is 12.6. The highest BCUT2D eigenvalue weighted by atomic mass is 31.1. The van der Waals surface area contributed by atoms with Crippen molar-refractivity contribution in [2.75, 3.05) is 6.61 Å². The minimum absolute atomic E-state index is 0.280. The predicted molar refractivity (Wildman–Crippen MR) is 58.5 cm³/mol. The maximum atomic E-state index is 12.6. The summed E-state index contributed by atoms with van der Waals surface area (Å²) in [6.45, 7) is 4.50.